The van der Waals surface area contributed by atoms with Crippen molar-refractivity contribution in [3.8, 4) is 0 Å². The van der Waals surface area contributed by atoms with Gasteiger partial charge in [0.2, 0.25) is 0 Å². The van der Waals surface area contributed by atoms with Crippen molar-refractivity contribution in [2.24, 2.45) is 11.3 Å². The van der Waals surface area contributed by atoms with Crippen LogP contribution in [0.4, 0.5) is 11.4 Å². The smallest absolute Gasteiger partial charge is 0.337 e. The lowest BCUT2D eigenvalue weighted by Crippen LogP contribution is -2.36. The fraction of sp³-hybridized carbons (Fsp3) is 0.360. The van der Waals surface area contributed by atoms with E-state index in [1.165, 1.54) is 18.2 Å². The van der Waals surface area contributed by atoms with Crippen LogP contribution in [0, 0.1) is 25.2 Å². The Kier molecular flexibility index (Phi) is 4.92. The van der Waals surface area contributed by atoms with Gasteiger partial charge in [-0.05, 0) is 60.2 Å². The molecule has 2 aliphatic rings. The van der Waals surface area contributed by atoms with E-state index in [1.807, 2.05) is 12.1 Å². The van der Waals surface area contributed by atoms with Crippen molar-refractivity contribution in [1.82, 2.24) is 0 Å². The van der Waals surface area contributed by atoms with Gasteiger partial charge in [0.25, 0.3) is 0 Å². The van der Waals surface area contributed by atoms with Crippen LogP contribution in [0.25, 0.3) is 0 Å². The van der Waals surface area contributed by atoms with Crippen molar-refractivity contribution < 1.29 is 14.3 Å². The minimum Gasteiger partial charge on any atom is -0.465 e. The first kappa shape index (κ1) is 20.2. The summed E-state index contributed by atoms with van der Waals surface area (Å²) in [4.78, 5) is 25.1. The van der Waals surface area contributed by atoms with Gasteiger partial charge in [-0.25, -0.2) is 4.79 Å². The molecule has 1 heterocycles. The molecule has 30 heavy (non-hydrogen) atoms. The van der Waals surface area contributed by atoms with Crippen LogP contribution >= 0.6 is 0 Å². The Morgan fingerprint density at radius 3 is 2.33 bits per heavy atom. The Morgan fingerprint density at radius 2 is 1.70 bits per heavy atom. The van der Waals surface area contributed by atoms with E-state index >= 15 is 0 Å². The molecular weight excluding hydrogens is 376 g/mol. The number of Topliss-reactive ketones (excluding diaryl/α,β-unsaturated/α-hetero) is 1. The highest BCUT2D eigenvalue weighted by Gasteiger charge is 2.41. The van der Waals surface area contributed by atoms with Crippen molar-refractivity contribution in [2.45, 2.75) is 40.2 Å². The van der Waals surface area contributed by atoms with Gasteiger partial charge in [-0.3, -0.25) is 4.79 Å². The molecule has 2 N–H and O–H groups in total. The molecule has 0 radical (unpaired) electrons. The van der Waals surface area contributed by atoms with Crippen molar-refractivity contribution in [3.63, 3.8) is 0 Å². The molecule has 0 fully saturated rings. The van der Waals surface area contributed by atoms with Crippen LogP contribution in [0.5, 0.6) is 0 Å². The summed E-state index contributed by atoms with van der Waals surface area (Å²) in [7, 11) is 1.37. The van der Waals surface area contributed by atoms with Gasteiger partial charge in [-0.15, -0.1) is 0 Å². The molecule has 2 atom stereocenters. The second-order valence-corrected chi connectivity index (χ2v) is 9.05. The minimum absolute atomic E-state index is 0.195. The Bertz CT molecular complexity index is 1050. The third kappa shape index (κ3) is 3.60. The molecule has 5 heteroatoms. The number of anilines is 2. The lowest BCUT2D eigenvalue weighted by Gasteiger charge is -2.35. The highest BCUT2D eigenvalue weighted by Crippen LogP contribution is 2.45. The number of ketones is 1. The van der Waals surface area contributed by atoms with Crippen LogP contribution in [-0.2, 0) is 9.53 Å². The van der Waals surface area contributed by atoms with Gasteiger partial charge in [0, 0.05) is 12.1 Å². The number of ether oxygens (including phenoxy) is 1. The average molecular weight is 405 g/mol. The summed E-state index contributed by atoms with van der Waals surface area (Å²) >= 11 is 0. The molecule has 1 aliphatic heterocycles. The normalized spacial score (nSPS) is 21.9. The Labute approximate surface area is 177 Å². The molecule has 0 amide bonds. The van der Waals surface area contributed by atoms with Gasteiger partial charge in [0.15, 0.2) is 0 Å². The van der Waals surface area contributed by atoms with Crippen LogP contribution in [-0.4, -0.2) is 18.9 Å². The van der Waals surface area contributed by atoms with Gasteiger partial charge >= 0.3 is 5.97 Å². The molecular formula is C25H28N2O3. The van der Waals surface area contributed by atoms with E-state index in [0.29, 0.717) is 12.0 Å². The summed E-state index contributed by atoms with van der Waals surface area (Å²) in [6.07, 6.45) is 2.69. The summed E-state index contributed by atoms with van der Waals surface area (Å²) in [5.41, 5.74) is 6.53. The minimum atomic E-state index is -0.371. The quantitative estimate of drug-likeness (QED) is 0.676. The SMILES string of the molecule is COC(=O)c1ccc(C2Nc3cc(C)c(C)cc3NC3=CC(C)(C)CC(=O)C32)cc1. The fourth-order valence-corrected chi connectivity index (χ4v) is 4.44. The van der Waals surface area contributed by atoms with Gasteiger partial charge in [-0.2, -0.15) is 0 Å². The molecule has 5 nitrogen and oxygen atoms in total. The molecule has 2 aromatic rings. The zero-order valence-corrected chi connectivity index (χ0v) is 18.1. The topological polar surface area (TPSA) is 67.4 Å². The number of carbonyl (C=O) groups excluding carboxylic acids is 2. The molecule has 156 valence electrons. The molecule has 0 spiro atoms. The summed E-state index contributed by atoms with van der Waals surface area (Å²) in [6.45, 7) is 8.36. The number of carbonyl (C=O) groups is 2. The number of fused-ring (bicyclic) bond motifs is 2. The first-order valence-electron chi connectivity index (χ1n) is 10.3. The maximum Gasteiger partial charge on any atom is 0.337 e. The van der Waals surface area contributed by atoms with Gasteiger partial charge in [0.1, 0.15) is 5.78 Å². The maximum atomic E-state index is 13.3. The predicted molar refractivity (Wildman–Crippen MR) is 119 cm³/mol. The zero-order valence-electron chi connectivity index (χ0n) is 18.1. The Hall–Kier alpha value is -3.08. The largest absolute Gasteiger partial charge is 0.465 e. The summed E-state index contributed by atoms with van der Waals surface area (Å²) in [5.74, 6) is -0.486. The Balaban J connectivity index is 1.84. The third-order valence-corrected chi connectivity index (χ3v) is 6.11. The molecule has 4 rings (SSSR count). The Morgan fingerprint density at radius 1 is 1.07 bits per heavy atom. The predicted octanol–water partition coefficient (Wildman–Crippen LogP) is 5.17. The van der Waals surface area contributed by atoms with Crippen LogP contribution in [0.2, 0.25) is 0 Å². The van der Waals surface area contributed by atoms with Gasteiger partial charge < -0.3 is 15.4 Å². The number of hydrogen-bond donors (Lipinski definition) is 2. The second kappa shape index (κ2) is 7.31. The molecule has 2 aromatic carbocycles. The molecule has 0 bridgehead atoms. The zero-order chi connectivity index (χ0) is 21.6. The van der Waals surface area contributed by atoms with Gasteiger partial charge in [-0.1, -0.05) is 32.1 Å². The molecule has 0 saturated heterocycles. The lowest BCUT2D eigenvalue weighted by atomic mass is 9.72. The highest BCUT2D eigenvalue weighted by molar-refractivity contribution is 5.91. The number of nitrogens with one attached hydrogen (secondary N) is 2. The highest BCUT2D eigenvalue weighted by atomic mass is 16.5. The number of hydrogen-bond acceptors (Lipinski definition) is 5. The van der Waals surface area contributed by atoms with E-state index in [9.17, 15) is 9.59 Å². The number of esters is 1. The van der Waals surface area contributed by atoms with E-state index in [-0.39, 0.29) is 29.1 Å². The molecule has 2 unspecified atom stereocenters. The molecule has 1 aliphatic carbocycles. The molecule has 0 saturated carbocycles. The summed E-state index contributed by atoms with van der Waals surface area (Å²) < 4.78 is 4.81. The van der Waals surface area contributed by atoms with E-state index < -0.39 is 0 Å². The lowest BCUT2D eigenvalue weighted by molar-refractivity contribution is -0.124. The number of allylic oxidation sites excluding steroid dienone is 1. The molecule has 0 aromatic heterocycles. The van der Waals surface area contributed by atoms with Crippen molar-refractivity contribution in [1.29, 1.82) is 0 Å². The van der Waals surface area contributed by atoms with E-state index in [0.717, 1.165) is 22.6 Å². The maximum absolute atomic E-state index is 13.3. The standard InChI is InChI=1S/C25H28N2O3/c1-14-10-18-19(11-15(14)2)27-23(16-6-8-17(9-7-16)24(29)30-5)22-20(26-18)12-25(3,4)13-21(22)28/h6-12,22-23,26-27H,13H2,1-5H3. The number of rotatable bonds is 2. The van der Waals surface area contributed by atoms with Gasteiger partial charge in [0.05, 0.1) is 36.0 Å². The van der Waals surface area contributed by atoms with Crippen LogP contribution in [0.3, 0.4) is 0 Å². The van der Waals surface area contributed by atoms with Crippen molar-refractivity contribution in [2.75, 3.05) is 17.7 Å². The van der Waals surface area contributed by atoms with E-state index in [1.54, 1.807) is 12.1 Å². The van der Waals surface area contributed by atoms with Crippen LogP contribution in [0.1, 0.15) is 53.4 Å². The first-order valence-corrected chi connectivity index (χ1v) is 10.3. The summed E-state index contributed by atoms with van der Waals surface area (Å²) in [6, 6.07) is 11.3. The monoisotopic (exact) mass is 404 g/mol. The average Bonchev–Trinajstić information content (AvgIpc) is 2.83. The number of methoxy groups -OCH3 is 1. The van der Waals surface area contributed by atoms with E-state index in [4.69, 9.17) is 4.74 Å². The fourth-order valence-electron chi connectivity index (χ4n) is 4.44. The first-order chi connectivity index (χ1) is 14.2. The van der Waals surface area contributed by atoms with E-state index in [2.05, 4.69) is 56.5 Å². The summed E-state index contributed by atoms with van der Waals surface area (Å²) in [5, 5.41) is 7.18. The van der Waals surface area contributed by atoms with Crippen LogP contribution < -0.4 is 10.6 Å². The number of aryl methyl sites for hydroxylation is 2. The van der Waals surface area contributed by atoms with Crippen molar-refractivity contribution in [3.05, 3.63) is 70.4 Å². The van der Waals surface area contributed by atoms with Crippen molar-refractivity contribution >= 4 is 23.1 Å². The third-order valence-electron chi connectivity index (χ3n) is 6.11. The van der Waals surface area contributed by atoms with Crippen LogP contribution in [0.15, 0.2) is 48.2 Å². The number of benzene rings is 2. The second-order valence-electron chi connectivity index (χ2n) is 9.05.